The predicted octanol–water partition coefficient (Wildman–Crippen LogP) is 5.61. The molecule has 0 bridgehead atoms. The van der Waals surface area contributed by atoms with Crippen molar-refractivity contribution in [1.29, 1.82) is 0 Å². The molecule has 1 heterocycles. The van der Waals surface area contributed by atoms with Gasteiger partial charge in [0.05, 0.1) is 18.9 Å². The van der Waals surface area contributed by atoms with Gasteiger partial charge >= 0.3 is 0 Å². The molecule has 1 atom stereocenters. The number of carbonyl (C=O) groups excluding carboxylic acids is 1. The molecular formula is C27H28N4O2S. The molecule has 0 spiro atoms. The van der Waals surface area contributed by atoms with Crippen LogP contribution in [0.2, 0.25) is 0 Å². The predicted molar refractivity (Wildman–Crippen MR) is 136 cm³/mol. The van der Waals surface area contributed by atoms with Crippen LogP contribution in [0.15, 0.2) is 84.0 Å². The Kier molecular flexibility index (Phi) is 7.65. The van der Waals surface area contributed by atoms with Crippen molar-refractivity contribution in [3.8, 4) is 22.8 Å². The lowest BCUT2D eigenvalue weighted by Crippen LogP contribution is -2.29. The number of rotatable bonds is 9. The van der Waals surface area contributed by atoms with Gasteiger partial charge < -0.3 is 10.1 Å². The molecule has 1 unspecified atom stereocenters. The van der Waals surface area contributed by atoms with E-state index in [1.54, 1.807) is 7.11 Å². The Labute approximate surface area is 204 Å². The van der Waals surface area contributed by atoms with E-state index in [9.17, 15) is 4.79 Å². The van der Waals surface area contributed by atoms with Gasteiger partial charge in [-0.25, -0.2) is 0 Å². The highest BCUT2D eigenvalue weighted by atomic mass is 32.2. The number of ether oxygens (including phenoxy) is 1. The SMILES string of the molecule is CCC(NC(=O)CSc1nnc(-c2ccc(OC)cc2)n1-c1ccccc1)c1ccc(C)cc1. The van der Waals surface area contributed by atoms with Crippen LogP contribution in [0.25, 0.3) is 17.1 Å². The number of benzene rings is 3. The maximum Gasteiger partial charge on any atom is 0.230 e. The normalized spacial score (nSPS) is 11.7. The topological polar surface area (TPSA) is 69.0 Å². The molecule has 0 fully saturated rings. The minimum Gasteiger partial charge on any atom is -0.497 e. The molecule has 1 N–H and O–H groups in total. The van der Waals surface area contributed by atoms with E-state index in [1.807, 2.05) is 59.2 Å². The van der Waals surface area contributed by atoms with Crippen LogP contribution in [0, 0.1) is 6.92 Å². The van der Waals surface area contributed by atoms with Crippen molar-refractivity contribution in [2.24, 2.45) is 0 Å². The van der Waals surface area contributed by atoms with E-state index in [0.29, 0.717) is 11.0 Å². The van der Waals surface area contributed by atoms with E-state index < -0.39 is 0 Å². The van der Waals surface area contributed by atoms with Crippen LogP contribution >= 0.6 is 11.8 Å². The number of nitrogens with one attached hydrogen (secondary N) is 1. The maximum atomic E-state index is 12.8. The van der Waals surface area contributed by atoms with Crippen LogP contribution in [-0.4, -0.2) is 33.5 Å². The van der Waals surface area contributed by atoms with Gasteiger partial charge in [0.15, 0.2) is 11.0 Å². The molecule has 4 aromatic rings. The molecule has 0 saturated heterocycles. The first-order valence-corrected chi connectivity index (χ1v) is 12.2. The van der Waals surface area contributed by atoms with E-state index in [0.717, 1.165) is 29.0 Å². The molecule has 0 aliphatic heterocycles. The second-order valence-electron chi connectivity index (χ2n) is 7.93. The van der Waals surface area contributed by atoms with Crippen molar-refractivity contribution in [3.05, 3.63) is 90.0 Å². The largest absolute Gasteiger partial charge is 0.497 e. The molecule has 0 aliphatic rings. The third-order valence-corrected chi connectivity index (χ3v) is 6.48. The van der Waals surface area contributed by atoms with Crippen molar-refractivity contribution in [2.75, 3.05) is 12.9 Å². The van der Waals surface area contributed by atoms with E-state index in [1.165, 1.54) is 17.3 Å². The number of carbonyl (C=O) groups is 1. The highest BCUT2D eigenvalue weighted by Gasteiger charge is 2.19. The fourth-order valence-corrected chi connectivity index (χ4v) is 4.45. The number of amides is 1. The molecule has 34 heavy (non-hydrogen) atoms. The average molecular weight is 473 g/mol. The van der Waals surface area contributed by atoms with Crippen molar-refractivity contribution < 1.29 is 9.53 Å². The van der Waals surface area contributed by atoms with Gasteiger partial charge in [0, 0.05) is 11.3 Å². The molecular weight excluding hydrogens is 444 g/mol. The van der Waals surface area contributed by atoms with E-state index >= 15 is 0 Å². The summed E-state index contributed by atoms with van der Waals surface area (Å²) in [6, 6.07) is 25.9. The molecule has 0 saturated carbocycles. The second kappa shape index (κ2) is 11.0. The van der Waals surface area contributed by atoms with E-state index in [-0.39, 0.29) is 17.7 Å². The number of thioether (sulfide) groups is 1. The zero-order valence-electron chi connectivity index (χ0n) is 19.6. The van der Waals surface area contributed by atoms with Gasteiger partial charge in [0.2, 0.25) is 5.91 Å². The summed E-state index contributed by atoms with van der Waals surface area (Å²) in [5, 5.41) is 12.7. The summed E-state index contributed by atoms with van der Waals surface area (Å²) >= 11 is 1.38. The van der Waals surface area contributed by atoms with E-state index in [2.05, 4.69) is 53.6 Å². The fraction of sp³-hybridized carbons (Fsp3) is 0.222. The van der Waals surface area contributed by atoms with Crippen molar-refractivity contribution in [3.63, 3.8) is 0 Å². The third-order valence-electron chi connectivity index (χ3n) is 5.55. The maximum absolute atomic E-state index is 12.8. The smallest absolute Gasteiger partial charge is 0.230 e. The lowest BCUT2D eigenvalue weighted by Gasteiger charge is -2.17. The Morgan fingerprint density at radius 2 is 1.71 bits per heavy atom. The van der Waals surface area contributed by atoms with Gasteiger partial charge in [-0.2, -0.15) is 0 Å². The monoisotopic (exact) mass is 472 g/mol. The zero-order valence-corrected chi connectivity index (χ0v) is 20.4. The summed E-state index contributed by atoms with van der Waals surface area (Å²) in [6.07, 6.45) is 0.821. The quantitative estimate of drug-likeness (QED) is 0.321. The van der Waals surface area contributed by atoms with Crippen LogP contribution in [0.1, 0.15) is 30.5 Å². The highest BCUT2D eigenvalue weighted by Crippen LogP contribution is 2.29. The van der Waals surface area contributed by atoms with Crippen molar-refractivity contribution >= 4 is 17.7 Å². The number of methoxy groups -OCH3 is 1. The molecule has 6 nitrogen and oxygen atoms in total. The first kappa shape index (κ1) is 23.6. The minimum atomic E-state index is -0.0361. The number of hydrogen-bond donors (Lipinski definition) is 1. The number of para-hydroxylation sites is 1. The summed E-state index contributed by atoms with van der Waals surface area (Å²) < 4.78 is 7.26. The van der Waals surface area contributed by atoms with E-state index in [4.69, 9.17) is 4.74 Å². The molecule has 4 rings (SSSR count). The summed E-state index contributed by atoms with van der Waals surface area (Å²) in [5.74, 6) is 1.70. The molecule has 1 aromatic heterocycles. The summed E-state index contributed by atoms with van der Waals surface area (Å²) in [7, 11) is 1.64. The second-order valence-corrected chi connectivity index (χ2v) is 8.88. The molecule has 1 amide bonds. The molecule has 7 heteroatoms. The van der Waals surface area contributed by atoms with Gasteiger partial charge in [-0.15, -0.1) is 10.2 Å². The zero-order chi connectivity index (χ0) is 23.9. The first-order valence-electron chi connectivity index (χ1n) is 11.2. The number of nitrogens with zero attached hydrogens (tertiary/aromatic N) is 3. The Balaban J connectivity index is 1.54. The van der Waals surface area contributed by atoms with Crippen LogP contribution < -0.4 is 10.1 Å². The Hall–Kier alpha value is -3.58. The van der Waals surface area contributed by atoms with Gasteiger partial charge in [-0.05, 0) is 55.3 Å². The summed E-state index contributed by atoms with van der Waals surface area (Å²) in [6.45, 7) is 4.13. The highest BCUT2D eigenvalue weighted by molar-refractivity contribution is 7.99. The van der Waals surface area contributed by atoms with Crippen molar-refractivity contribution in [1.82, 2.24) is 20.1 Å². The Bertz CT molecular complexity index is 1220. The fourth-order valence-electron chi connectivity index (χ4n) is 3.69. The number of aryl methyl sites for hydroxylation is 1. The standard InChI is InChI=1S/C27H28N4O2S/c1-4-24(20-12-10-19(2)11-13-20)28-25(32)18-34-27-30-29-26(21-14-16-23(33-3)17-15-21)31(27)22-8-6-5-7-9-22/h5-17,24H,4,18H2,1-3H3,(H,28,32). The average Bonchev–Trinajstić information content (AvgIpc) is 3.31. The Morgan fingerprint density at radius 3 is 2.35 bits per heavy atom. The molecule has 0 aliphatic carbocycles. The first-order chi connectivity index (χ1) is 16.6. The summed E-state index contributed by atoms with van der Waals surface area (Å²) in [4.78, 5) is 12.8. The Morgan fingerprint density at radius 1 is 1.00 bits per heavy atom. The molecule has 0 radical (unpaired) electrons. The van der Waals surface area contributed by atoms with Crippen LogP contribution in [0.4, 0.5) is 0 Å². The van der Waals surface area contributed by atoms with Crippen LogP contribution in [0.3, 0.4) is 0 Å². The lowest BCUT2D eigenvalue weighted by atomic mass is 10.0. The molecule has 174 valence electrons. The number of aromatic nitrogens is 3. The van der Waals surface area contributed by atoms with Crippen LogP contribution in [-0.2, 0) is 4.79 Å². The van der Waals surface area contributed by atoms with Crippen molar-refractivity contribution in [2.45, 2.75) is 31.5 Å². The van der Waals surface area contributed by atoms with Gasteiger partial charge in [-0.3, -0.25) is 9.36 Å². The minimum absolute atomic E-state index is 0.0180. The van der Waals surface area contributed by atoms with Gasteiger partial charge in [0.1, 0.15) is 5.75 Å². The summed E-state index contributed by atoms with van der Waals surface area (Å²) in [5.41, 5.74) is 4.17. The lowest BCUT2D eigenvalue weighted by molar-refractivity contribution is -0.119. The van der Waals surface area contributed by atoms with Gasteiger partial charge in [-0.1, -0.05) is 66.7 Å². The third kappa shape index (κ3) is 5.48. The number of hydrogen-bond acceptors (Lipinski definition) is 5. The van der Waals surface area contributed by atoms with Crippen LogP contribution in [0.5, 0.6) is 5.75 Å². The molecule has 3 aromatic carbocycles. The van der Waals surface area contributed by atoms with Gasteiger partial charge in [0.25, 0.3) is 0 Å².